The Morgan fingerprint density at radius 3 is 2.00 bits per heavy atom. The number of hydrogen-bond acceptors (Lipinski definition) is 2. The monoisotopic (exact) mass is 264 g/mol. The van der Waals surface area contributed by atoms with Crippen molar-refractivity contribution in [2.24, 2.45) is 0 Å². The van der Waals surface area contributed by atoms with E-state index in [0.29, 0.717) is 0 Å². The van der Waals surface area contributed by atoms with Crippen LogP contribution in [0.3, 0.4) is 0 Å². The molecule has 0 aromatic heterocycles. The summed E-state index contributed by atoms with van der Waals surface area (Å²) in [7, 11) is -0.656. The maximum atomic E-state index is 12.1. The van der Waals surface area contributed by atoms with E-state index in [2.05, 4.69) is 4.43 Å². The topological polar surface area (TPSA) is 26.3 Å². The van der Waals surface area contributed by atoms with Crippen molar-refractivity contribution in [2.75, 3.05) is 0 Å². The van der Waals surface area contributed by atoms with Crippen LogP contribution in [-0.4, -0.2) is 27.9 Å². The number of halogens is 6. The Bertz CT molecular complexity index is 280. The second-order valence-electron chi connectivity index (χ2n) is 2.47. The summed E-state index contributed by atoms with van der Waals surface area (Å²) < 4.78 is 75.4. The van der Waals surface area contributed by atoms with Crippen LogP contribution in [-0.2, 0) is 9.22 Å². The van der Waals surface area contributed by atoms with Gasteiger partial charge in [0.2, 0.25) is 0 Å². The standard InChI is InChI=1S/C7H6F6O2Si/c1-2-16-15-5(7(11,12)13)3-4(14)6(8,9)10/h3H,2H2,1H3/b5-3-. The molecule has 0 rings (SSSR count). The third-order valence-corrected chi connectivity index (χ3v) is 1.80. The molecule has 0 unspecified atom stereocenters. The van der Waals surface area contributed by atoms with Crippen molar-refractivity contribution in [3.8, 4) is 0 Å². The lowest BCUT2D eigenvalue weighted by Crippen LogP contribution is -2.24. The van der Waals surface area contributed by atoms with Gasteiger partial charge in [0.05, 0.1) is 0 Å². The molecule has 0 fully saturated rings. The molecule has 2 radical (unpaired) electrons. The third-order valence-electron chi connectivity index (χ3n) is 1.15. The van der Waals surface area contributed by atoms with Crippen molar-refractivity contribution in [3.05, 3.63) is 11.8 Å². The summed E-state index contributed by atoms with van der Waals surface area (Å²) in [6, 6.07) is 0.202. The normalized spacial score (nSPS) is 13.8. The molecule has 2 nitrogen and oxygen atoms in total. The molecule has 16 heavy (non-hydrogen) atoms. The molecule has 0 aliphatic carbocycles. The van der Waals surface area contributed by atoms with Crippen molar-refractivity contribution < 1.29 is 35.6 Å². The summed E-state index contributed by atoms with van der Waals surface area (Å²) in [4.78, 5) is 10.3. The van der Waals surface area contributed by atoms with Gasteiger partial charge >= 0.3 is 22.1 Å². The van der Waals surface area contributed by atoms with Gasteiger partial charge in [0, 0.05) is 6.08 Å². The second-order valence-corrected chi connectivity index (χ2v) is 3.67. The zero-order valence-electron chi connectivity index (χ0n) is 7.87. The van der Waals surface area contributed by atoms with Gasteiger partial charge in [-0.25, -0.2) is 0 Å². The van der Waals surface area contributed by atoms with Crippen LogP contribution in [0.25, 0.3) is 0 Å². The van der Waals surface area contributed by atoms with E-state index in [0.717, 1.165) is 0 Å². The molecule has 0 aliphatic rings. The lowest BCUT2D eigenvalue weighted by molar-refractivity contribution is -0.166. The van der Waals surface area contributed by atoms with Crippen molar-refractivity contribution in [1.29, 1.82) is 0 Å². The molecular formula is C7H6F6O2Si. The largest absolute Gasteiger partial charge is 0.538 e. The van der Waals surface area contributed by atoms with Crippen molar-refractivity contribution in [2.45, 2.75) is 25.3 Å². The maximum Gasteiger partial charge on any atom is 0.454 e. The van der Waals surface area contributed by atoms with Gasteiger partial charge in [-0.1, -0.05) is 6.92 Å². The molecule has 0 bridgehead atoms. The lowest BCUT2D eigenvalue weighted by Gasteiger charge is -2.12. The first-order valence-electron chi connectivity index (χ1n) is 3.88. The predicted octanol–water partition coefficient (Wildman–Crippen LogP) is 2.64. The smallest absolute Gasteiger partial charge is 0.454 e. The summed E-state index contributed by atoms with van der Waals surface area (Å²) in [5.74, 6) is -4.52. The van der Waals surface area contributed by atoms with E-state index in [4.69, 9.17) is 0 Å². The molecule has 0 saturated heterocycles. The minimum Gasteiger partial charge on any atom is -0.538 e. The Morgan fingerprint density at radius 2 is 1.69 bits per heavy atom. The zero-order valence-corrected chi connectivity index (χ0v) is 8.87. The van der Waals surface area contributed by atoms with Gasteiger partial charge < -0.3 is 4.43 Å². The third kappa shape index (κ3) is 5.19. The van der Waals surface area contributed by atoms with Crippen LogP contribution in [0.4, 0.5) is 26.3 Å². The summed E-state index contributed by atoms with van der Waals surface area (Å²) in [5.41, 5.74) is 0. The molecular weight excluding hydrogens is 258 g/mol. The number of carbonyl (C=O) groups excluding carboxylic acids is 1. The molecule has 0 heterocycles. The molecule has 0 N–H and O–H groups in total. The number of rotatable bonds is 4. The predicted molar refractivity (Wildman–Crippen MR) is 42.5 cm³/mol. The fraction of sp³-hybridized carbons (Fsp3) is 0.571. The highest BCUT2D eigenvalue weighted by Gasteiger charge is 2.42. The van der Waals surface area contributed by atoms with Gasteiger partial charge in [-0.3, -0.25) is 4.79 Å². The molecule has 0 spiro atoms. The van der Waals surface area contributed by atoms with Crippen LogP contribution < -0.4 is 0 Å². The van der Waals surface area contributed by atoms with Gasteiger partial charge in [0.25, 0.3) is 5.78 Å². The summed E-state index contributed by atoms with van der Waals surface area (Å²) in [5, 5.41) is 0. The van der Waals surface area contributed by atoms with E-state index in [1.807, 2.05) is 0 Å². The molecule has 0 atom stereocenters. The maximum absolute atomic E-state index is 12.1. The Balaban J connectivity index is 4.90. The highest BCUT2D eigenvalue weighted by molar-refractivity contribution is 6.27. The first-order valence-corrected chi connectivity index (χ1v) is 5.00. The van der Waals surface area contributed by atoms with E-state index in [-0.39, 0.29) is 6.04 Å². The fourth-order valence-electron chi connectivity index (χ4n) is 0.520. The molecule has 9 heteroatoms. The Kier molecular flexibility index (Phi) is 5.04. The Labute approximate surface area is 89.2 Å². The van der Waals surface area contributed by atoms with E-state index >= 15 is 0 Å². The molecule has 0 aromatic carbocycles. The van der Waals surface area contributed by atoms with Crippen molar-refractivity contribution >= 4 is 15.5 Å². The number of hydrogen-bond donors (Lipinski definition) is 0. The van der Waals surface area contributed by atoms with Crippen LogP contribution in [0, 0.1) is 0 Å². The first kappa shape index (κ1) is 15.0. The van der Waals surface area contributed by atoms with Crippen LogP contribution in [0.2, 0.25) is 6.04 Å². The van der Waals surface area contributed by atoms with Crippen molar-refractivity contribution in [1.82, 2.24) is 0 Å². The van der Waals surface area contributed by atoms with Gasteiger partial charge in [-0.05, 0) is 6.04 Å². The Hall–Kier alpha value is -0.993. The highest BCUT2D eigenvalue weighted by atomic mass is 28.2. The summed E-state index contributed by atoms with van der Waals surface area (Å²) in [6.07, 6.45) is -11.0. The second kappa shape index (κ2) is 5.37. The van der Waals surface area contributed by atoms with Gasteiger partial charge in [0.1, 0.15) is 0 Å². The van der Waals surface area contributed by atoms with Gasteiger partial charge in [0.15, 0.2) is 5.76 Å². The van der Waals surface area contributed by atoms with E-state index in [1.54, 1.807) is 0 Å². The molecule has 0 aliphatic heterocycles. The summed E-state index contributed by atoms with van der Waals surface area (Å²) >= 11 is 0. The van der Waals surface area contributed by atoms with Gasteiger partial charge in [-0.2, -0.15) is 26.3 Å². The van der Waals surface area contributed by atoms with Crippen LogP contribution in [0.15, 0.2) is 11.8 Å². The molecule has 0 amide bonds. The summed E-state index contributed by atoms with van der Waals surface area (Å²) in [6.45, 7) is 1.48. The minimum atomic E-state index is -5.34. The minimum absolute atomic E-state index is 0.202. The van der Waals surface area contributed by atoms with E-state index in [1.165, 1.54) is 6.92 Å². The first-order chi connectivity index (χ1) is 7.09. The van der Waals surface area contributed by atoms with Crippen molar-refractivity contribution in [3.63, 3.8) is 0 Å². The number of allylic oxidation sites excluding steroid dienone is 2. The number of carbonyl (C=O) groups is 1. The average Bonchev–Trinajstić information content (AvgIpc) is 2.08. The van der Waals surface area contributed by atoms with Gasteiger partial charge in [-0.15, -0.1) is 0 Å². The molecule has 92 valence electrons. The number of alkyl halides is 6. The average molecular weight is 264 g/mol. The van der Waals surface area contributed by atoms with Crippen LogP contribution >= 0.6 is 0 Å². The van der Waals surface area contributed by atoms with E-state index < -0.39 is 39.7 Å². The van der Waals surface area contributed by atoms with Crippen LogP contribution in [0.5, 0.6) is 0 Å². The lowest BCUT2D eigenvalue weighted by atomic mass is 10.3. The quantitative estimate of drug-likeness (QED) is 0.338. The Morgan fingerprint density at radius 1 is 1.19 bits per heavy atom. The molecule has 0 aromatic rings. The highest BCUT2D eigenvalue weighted by Crippen LogP contribution is 2.28. The molecule has 0 saturated carbocycles. The fourth-order valence-corrected chi connectivity index (χ4v) is 0.994. The number of ketones is 1. The SMILES string of the molecule is CC[Si]O/C(=C\C(=O)C(F)(F)F)C(F)(F)F. The zero-order chi connectivity index (χ0) is 13.0. The van der Waals surface area contributed by atoms with Crippen LogP contribution in [0.1, 0.15) is 6.92 Å². The van der Waals surface area contributed by atoms with E-state index in [9.17, 15) is 31.1 Å².